The number of anilines is 1. The van der Waals surface area contributed by atoms with Crippen LogP contribution in [0.2, 0.25) is 5.02 Å². The minimum Gasteiger partial charge on any atom is -0.508 e. The second kappa shape index (κ2) is 8.84. The summed E-state index contributed by atoms with van der Waals surface area (Å²) in [5, 5.41) is 22.2. The minimum atomic E-state index is -0.810. The standard InChI is InChI=1S/C29H21ClN2O7/c1-13-10-23(34)21-12-19-17(24(26(21)27(13)35)20-11-14(30)2-9-22(20)33)7-8-18-25(19)29(37)31(28(18)36)15-3-5-16(6-4-15)32(38)39/h2-7,9-11,18-19,24-25,33H,8,12H2,1H3/t18-,19+,24+,25-/m0/s1. The first-order valence-electron chi connectivity index (χ1n) is 12.4. The maximum absolute atomic E-state index is 13.8. The van der Waals surface area contributed by atoms with Crippen LogP contribution in [0, 0.1) is 27.9 Å². The normalized spacial score (nSPS) is 26.2. The summed E-state index contributed by atoms with van der Waals surface area (Å²) < 4.78 is 0. The molecule has 10 heteroatoms. The summed E-state index contributed by atoms with van der Waals surface area (Å²) in [7, 11) is 0. The van der Waals surface area contributed by atoms with Gasteiger partial charge in [-0.25, -0.2) is 0 Å². The average molecular weight is 545 g/mol. The first kappa shape index (κ1) is 24.9. The number of ketones is 2. The number of allylic oxidation sites excluding steroid dienone is 6. The van der Waals surface area contributed by atoms with Crippen LogP contribution in [0.5, 0.6) is 5.75 Å². The lowest BCUT2D eigenvalue weighted by molar-refractivity contribution is -0.384. The number of carbonyl (C=O) groups is 4. The van der Waals surface area contributed by atoms with E-state index in [1.807, 2.05) is 6.08 Å². The number of hydrogen-bond acceptors (Lipinski definition) is 7. The first-order valence-corrected chi connectivity index (χ1v) is 12.8. The Hall–Kier alpha value is -4.37. The van der Waals surface area contributed by atoms with E-state index in [0.29, 0.717) is 16.2 Å². The van der Waals surface area contributed by atoms with Crippen LogP contribution in [0.1, 0.15) is 31.2 Å². The van der Waals surface area contributed by atoms with Gasteiger partial charge in [0.25, 0.3) is 5.69 Å². The van der Waals surface area contributed by atoms with Gasteiger partial charge in [-0.1, -0.05) is 23.3 Å². The second-order valence-corrected chi connectivity index (χ2v) is 10.7. The predicted octanol–water partition coefficient (Wildman–Crippen LogP) is 4.59. The van der Waals surface area contributed by atoms with Crippen LogP contribution in [0.4, 0.5) is 11.4 Å². The third-order valence-electron chi connectivity index (χ3n) is 8.18. The number of amides is 2. The van der Waals surface area contributed by atoms with Crippen molar-refractivity contribution in [2.75, 3.05) is 4.90 Å². The van der Waals surface area contributed by atoms with Crippen molar-refractivity contribution < 1.29 is 29.2 Å². The largest absolute Gasteiger partial charge is 0.508 e. The Labute approximate surface area is 227 Å². The number of nitro groups is 1. The molecule has 6 rings (SSSR count). The number of fused-ring (bicyclic) bond motifs is 3. The number of aromatic hydroxyl groups is 1. The SMILES string of the molecule is CC1=CC(=O)C2=C(C1=O)[C@@H](c1cc(Cl)ccc1O)C1=CC[C@@H]3C(=O)N(c4ccc([N+](=O)[O-])cc4)C(=O)[C@@H]3[C@@H]1C2. The number of hydrogen-bond donors (Lipinski definition) is 1. The number of non-ortho nitro benzene ring substituents is 1. The van der Waals surface area contributed by atoms with E-state index < -0.39 is 40.4 Å². The van der Waals surface area contributed by atoms with Crippen LogP contribution in [0.25, 0.3) is 0 Å². The maximum Gasteiger partial charge on any atom is 0.269 e. The van der Waals surface area contributed by atoms with Crippen molar-refractivity contribution in [1.82, 2.24) is 0 Å². The molecule has 4 atom stereocenters. The van der Waals surface area contributed by atoms with E-state index in [1.54, 1.807) is 13.0 Å². The Bertz CT molecular complexity index is 1620. The molecule has 1 saturated heterocycles. The predicted molar refractivity (Wildman–Crippen MR) is 140 cm³/mol. The van der Waals surface area contributed by atoms with E-state index in [0.717, 1.165) is 4.90 Å². The summed E-state index contributed by atoms with van der Waals surface area (Å²) in [5.74, 6) is -4.51. The molecule has 9 nitrogen and oxygen atoms in total. The Morgan fingerprint density at radius 3 is 2.44 bits per heavy atom. The van der Waals surface area contributed by atoms with E-state index in [1.165, 1.54) is 42.5 Å². The molecule has 2 amide bonds. The molecule has 39 heavy (non-hydrogen) atoms. The number of phenolic OH excluding ortho intramolecular Hbond substituents is 1. The molecule has 1 fully saturated rings. The van der Waals surface area contributed by atoms with Gasteiger partial charge in [0.1, 0.15) is 5.75 Å². The highest BCUT2D eigenvalue weighted by molar-refractivity contribution is 6.30. The molecule has 0 spiro atoms. The molecule has 2 aromatic rings. The molecule has 1 heterocycles. The summed E-state index contributed by atoms with van der Waals surface area (Å²) in [6.45, 7) is 1.57. The lowest BCUT2D eigenvalue weighted by Crippen LogP contribution is -2.39. The molecule has 0 radical (unpaired) electrons. The first-order chi connectivity index (χ1) is 18.6. The molecule has 0 aromatic heterocycles. The molecular formula is C29H21ClN2O7. The Balaban J connectivity index is 1.47. The summed E-state index contributed by atoms with van der Waals surface area (Å²) in [4.78, 5) is 65.5. The van der Waals surface area contributed by atoms with Gasteiger partial charge in [-0.3, -0.25) is 34.2 Å². The number of benzene rings is 2. The topological polar surface area (TPSA) is 135 Å². The Morgan fingerprint density at radius 1 is 1.03 bits per heavy atom. The highest BCUT2D eigenvalue weighted by Gasteiger charge is 2.56. The van der Waals surface area contributed by atoms with Gasteiger partial charge in [0.05, 0.1) is 22.4 Å². The van der Waals surface area contributed by atoms with Crippen molar-refractivity contribution in [2.45, 2.75) is 25.7 Å². The van der Waals surface area contributed by atoms with Gasteiger partial charge in [-0.15, -0.1) is 0 Å². The van der Waals surface area contributed by atoms with E-state index in [2.05, 4.69) is 0 Å². The van der Waals surface area contributed by atoms with E-state index in [4.69, 9.17) is 11.6 Å². The molecule has 3 aliphatic carbocycles. The van der Waals surface area contributed by atoms with Crippen molar-refractivity contribution in [3.8, 4) is 5.75 Å². The molecule has 4 aliphatic rings. The van der Waals surface area contributed by atoms with Crippen molar-refractivity contribution in [3.05, 3.63) is 97.6 Å². The third kappa shape index (κ3) is 3.68. The lowest BCUT2D eigenvalue weighted by atomic mass is 9.59. The molecule has 0 unspecified atom stereocenters. The Morgan fingerprint density at radius 2 is 1.74 bits per heavy atom. The van der Waals surface area contributed by atoms with Gasteiger partial charge in [0.15, 0.2) is 11.6 Å². The molecule has 196 valence electrons. The fourth-order valence-corrected chi connectivity index (χ4v) is 6.63. The van der Waals surface area contributed by atoms with Gasteiger partial charge < -0.3 is 5.11 Å². The van der Waals surface area contributed by atoms with Crippen molar-refractivity contribution in [1.29, 1.82) is 0 Å². The zero-order valence-corrected chi connectivity index (χ0v) is 21.3. The monoisotopic (exact) mass is 544 g/mol. The van der Waals surface area contributed by atoms with Gasteiger partial charge in [0, 0.05) is 45.4 Å². The van der Waals surface area contributed by atoms with E-state index in [-0.39, 0.29) is 58.3 Å². The summed E-state index contributed by atoms with van der Waals surface area (Å²) in [5.41, 5.74) is 1.93. The van der Waals surface area contributed by atoms with Crippen molar-refractivity contribution in [3.63, 3.8) is 0 Å². The van der Waals surface area contributed by atoms with Crippen LogP contribution in [-0.4, -0.2) is 33.4 Å². The van der Waals surface area contributed by atoms with Crippen molar-refractivity contribution >= 4 is 46.4 Å². The average Bonchev–Trinajstić information content (AvgIpc) is 3.17. The maximum atomic E-state index is 13.8. The van der Waals surface area contributed by atoms with Gasteiger partial charge >= 0.3 is 0 Å². The van der Waals surface area contributed by atoms with Crippen LogP contribution < -0.4 is 4.90 Å². The molecule has 0 bridgehead atoms. The molecular weight excluding hydrogens is 524 g/mol. The fraction of sp³-hybridized carbons (Fsp3) is 0.241. The molecule has 2 aromatic carbocycles. The quantitative estimate of drug-likeness (QED) is 0.196. The number of imide groups is 1. The number of halogens is 1. The van der Waals surface area contributed by atoms with Gasteiger partial charge in [-0.2, -0.15) is 0 Å². The fourth-order valence-electron chi connectivity index (χ4n) is 6.45. The second-order valence-electron chi connectivity index (χ2n) is 10.2. The number of rotatable bonds is 3. The van der Waals surface area contributed by atoms with Gasteiger partial charge in [0.2, 0.25) is 11.8 Å². The van der Waals surface area contributed by atoms with E-state index >= 15 is 0 Å². The third-order valence-corrected chi connectivity index (χ3v) is 8.42. The van der Waals surface area contributed by atoms with Crippen LogP contribution in [0.15, 0.2) is 76.9 Å². The van der Waals surface area contributed by atoms with E-state index in [9.17, 15) is 34.4 Å². The zero-order chi connectivity index (χ0) is 27.7. The summed E-state index contributed by atoms with van der Waals surface area (Å²) in [6, 6.07) is 9.69. The lowest BCUT2D eigenvalue weighted by Gasteiger charge is -2.42. The molecule has 0 saturated carbocycles. The number of phenols is 1. The Kier molecular flexibility index (Phi) is 5.65. The highest BCUT2D eigenvalue weighted by atomic mass is 35.5. The number of nitro benzene ring substituents is 1. The number of carbonyl (C=O) groups excluding carboxylic acids is 4. The summed E-state index contributed by atoms with van der Waals surface area (Å²) >= 11 is 6.27. The molecule has 1 N–H and O–H groups in total. The number of Topliss-reactive ketones (excluding diaryl/α,β-unsaturated/α-hetero) is 1. The van der Waals surface area contributed by atoms with Crippen LogP contribution >= 0.6 is 11.6 Å². The highest BCUT2D eigenvalue weighted by Crippen LogP contribution is 2.56. The van der Waals surface area contributed by atoms with Crippen LogP contribution in [0.3, 0.4) is 0 Å². The zero-order valence-electron chi connectivity index (χ0n) is 20.6. The smallest absolute Gasteiger partial charge is 0.269 e. The minimum absolute atomic E-state index is 0.0988. The molecule has 1 aliphatic heterocycles. The number of nitrogens with zero attached hydrogens (tertiary/aromatic N) is 2. The van der Waals surface area contributed by atoms with Gasteiger partial charge in [-0.05, 0) is 62.1 Å². The van der Waals surface area contributed by atoms with Crippen molar-refractivity contribution in [2.24, 2.45) is 17.8 Å². The van der Waals surface area contributed by atoms with Crippen LogP contribution in [-0.2, 0) is 19.2 Å². The summed E-state index contributed by atoms with van der Waals surface area (Å²) in [6.07, 6.45) is 3.45.